The topological polar surface area (TPSA) is 103 Å². The molecule has 0 aliphatic rings. The molecule has 0 bridgehead atoms. The lowest BCUT2D eigenvalue weighted by Gasteiger charge is -2.19. The molecular weight excluding hydrogens is 380 g/mol. The standard InChI is InChI=1S/C23H26N4O3/c1-23(2,3)17-10-8-15(9-11-17)22(30)25-14-21(29)27-26-20(28)12-16-13-24-19-7-5-4-6-18(16)19/h4-11,13,24H,12,14H2,1-3H3,(H,25,30)(H,26,28)(H,27,29). The number of hydrogen-bond acceptors (Lipinski definition) is 3. The second-order valence-electron chi connectivity index (χ2n) is 8.14. The smallest absolute Gasteiger partial charge is 0.257 e. The molecule has 0 spiro atoms. The molecule has 3 rings (SSSR count). The number of H-pyrrole nitrogens is 1. The van der Waals surface area contributed by atoms with Gasteiger partial charge in [-0.05, 0) is 34.7 Å². The van der Waals surface area contributed by atoms with Crippen LogP contribution in [-0.2, 0) is 21.4 Å². The molecule has 30 heavy (non-hydrogen) atoms. The molecule has 1 heterocycles. The van der Waals surface area contributed by atoms with Crippen molar-refractivity contribution in [2.24, 2.45) is 0 Å². The number of rotatable bonds is 5. The summed E-state index contributed by atoms with van der Waals surface area (Å²) in [6.07, 6.45) is 1.90. The van der Waals surface area contributed by atoms with Gasteiger partial charge in [0.05, 0.1) is 13.0 Å². The maximum atomic E-state index is 12.2. The summed E-state index contributed by atoms with van der Waals surface area (Å²) in [5.74, 6) is -1.21. The number of carbonyl (C=O) groups excluding carboxylic acids is 3. The summed E-state index contributed by atoms with van der Waals surface area (Å²) in [6.45, 7) is 6.05. The van der Waals surface area contributed by atoms with Gasteiger partial charge in [0.15, 0.2) is 0 Å². The molecule has 156 valence electrons. The summed E-state index contributed by atoms with van der Waals surface area (Å²) >= 11 is 0. The molecule has 0 saturated carbocycles. The fraction of sp³-hybridized carbons (Fsp3) is 0.261. The summed E-state index contributed by atoms with van der Waals surface area (Å²) in [5, 5.41) is 3.50. The van der Waals surface area contributed by atoms with Crippen LogP contribution in [0.3, 0.4) is 0 Å². The van der Waals surface area contributed by atoms with E-state index in [1.807, 2.05) is 36.4 Å². The molecule has 0 radical (unpaired) electrons. The van der Waals surface area contributed by atoms with Gasteiger partial charge in [0.1, 0.15) is 0 Å². The fourth-order valence-electron chi connectivity index (χ4n) is 3.06. The summed E-state index contributed by atoms with van der Waals surface area (Å²) < 4.78 is 0. The first kappa shape index (κ1) is 21.1. The van der Waals surface area contributed by atoms with E-state index in [2.05, 4.69) is 41.9 Å². The normalized spacial score (nSPS) is 11.2. The molecular formula is C23H26N4O3. The molecule has 7 heteroatoms. The number of hydrazine groups is 1. The summed E-state index contributed by atoms with van der Waals surface area (Å²) in [6, 6.07) is 14.9. The number of carbonyl (C=O) groups is 3. The minimum absolute atomic E-state index is 0.000215. The highest BCUT2D eigenvalue weighted by atomic mass is 16.2. The van der Waals surface area contributed by atoms with E-state index < -0.39 is 5.91 Å². The van der Waals surface area contributed by atoms with Crippen LogP contribution >= 0.6 is 0 Å². The predicted octanol–water partition coefficient (Wildman–Crippen LogP) is 2.59. The van der Waals surface area contributed by atoms with Crippen molar-refractivity contribution in [2.45, 2.75) is 32.6 Å². The Morgan fingerprint density at radius 1 is 0.900 bits per heavy atom. The van der Waals surface area contributed by atoms with Gasteiger partial charge in [-0.1, -0.05) is 51.1 Å². The van der Waals surface area contributed by atoms with Gasteiger partial charge in [-0.2, -0.15) is 0 Å². The molecule has 0 unspecified atom stereocenters. The average Bonchev–Trinajstić information content (AvgIpc) is 3.13. The van der Waals surface area contributed by atoms with Crippen LogP contribution in [0.25, 0.3) is 10.9 Å². The molecule has 2 aromatic carbocycles. The minimum atomic E-state index is -0.512. The maximum Gasteiger partial charge on any atom is 0.257 e. The van der Waals surface area contributed by atoms with Gasteiger partial charge in [-0.3, -0.25) is 25.2 Å². The van der Waals surface area contributed by atoms with Crippen molar-refractivity contribution in [2.75, 3.05) is 6.54 Å². The SMILES string of the molecule is CC(C)(C)c1ccc(C(=O)NCC(=O)NNC(=O)Cc2c[nH]c3ccccc23)cc1. The Balaban J connectivity index is 1.44. The number of nitrogens with one attached hydrogen (secondary N) is 4. The zero-order chi connectivity index (χ0) is 21.7. The molecule has 0 fully saturated rings. The van der Waals surface area contributed by atoms with E-state index in [-0.39, 0.29) is 30.2 Å². The van der Waals surface area contributed by atoms with Gasteiger partial charge >= 0.3 is 0 Å². The Bertz CT molecular complexity index is 1060. The zero-order valence-electron chi connectivity index (χ0n) is 17.3. The average molecular weight is 406 g/mol. The minimum Gasteiger partial charge on any atom is -0.361 e. The number of hydrogen-bond donors (Lipinski definition) is 4. The van der Waals surface area contributed by atoms with Crippen LogP contribution in [0.15, 0.2) is 54.7 Å². The van der Waals surface area contributed by atoms with Crippen LogP contribution in [0.2, 0.25) is 0 Å². The van der Waals surface area contributed by atoms with Gasteiger partial charge in [0.2, 0.25) is 5.91 Å². The summed E-state index contributed by atoms with van der Waals surface area (Å²) in [7, 11) is 0. The Hall–Kier alpha value is -3.61. The van der Waals surface area contributed by atoms with Crippen LogP contribution < -0.4 is 16.2 Å². The highest BCUT2D eigenvalue weighted by molar-refractivity contribution is 5.96. The second kappa shape index (κ2) is 8.82. The van der Waals surface area contributed by atoms with Crippen LogP contribution in [0.1, 0.15) is 42.3 Å². The summed E-state index contributed by atoms with van der Waals surface area (Å²) in [4.78, 5) is 39.3. The van der Waals surface area contributed by atoms with Crippen LogP contribution in [0, 0.1) is 0 Å². The third kappa shape index (κ3) is 5.26. The van der Waals surface area contributed by atoms with Crippen molar-refractivity contribution in [1.29, 1.82) is 0 Å². The van der Waals surface area contributed by atoms with Gasteiger partial charge in [-0.25, -0.2) is 0 Å². The van der Waals surface area contributed by atoms with Gasteiger partial charge in [0.25, 0.3) is 11.8 Å². The molecule has 0 aliphatic heterocycles. The molecule has 1 aromatic heterocycles. The lowest BCUT2D eigenvalue weighted by Crippen LogP contribution is -2.46. The highest BCUT2D eigenvalue weighted by Crippen LogP contribution is 2.22. The number of aromatic amines is 1. The lowest BCUT2D eigenvalue weighted by molar-refractivity contribution is -0.128. The molecule has 0 aliphatic carbocycles. The highest BCUT2D eigenvalue weighted by Gasteiger charge is 2.15. The lowest BCUT2D eigenvalue weighted by atomic mass is 9.87. The van der Waals surface area contributed by atoms with Crippen LogP contribution in [-0.4, -0.2) is 29.3 Å². The maximum absolute atomic E-state index is 12.2. The van der Waals surface area contributed by atoms with E-state index in [1.165, 1.54) is 0 Å². The van der Waals surface area contributed by atoms with E-state index in [9.17, 15) is 14.4 Å². The van der Waals surface area contributed by atoms with Crippen LogP contribution in [0.5, 0.6) is 0 Å². The third-order valence-corrected chi connectivity index (χ3v) is 4.79. The van der Waals surface area contributed by atoms with Crippen molar-refractivity contribution < 1.29 is 14.4 Å². The van der Waals surface area contributed by atoms with E-state index in [0.717, 1.165) is 22.0 Å². The molecule has 0 atom stereocenters. The molecule has 0 saturated heterocycles. The first-order chi connectivity index (χ1) is 14.2. The van der Waals surface area contributed by atoms with E-state index in [4.69, 9.17) is 0 Å². The Morgan fingerprint density at radius 3 is 2.27 bits per heavy atom. The van der Waals surface area contributed by atoms with Gasteiger partial charge in [-0.15, -0.1) is 0 Å². The fourth-order valence-corrected chi connectivity index (χ4v) is 3.06. The molecule has 7 nitrogen and oxygen atoms in total. The van der Waals surface area contributed by atoms with Gasteiger partial charge < -0.3 is 10.3 Å². The molecule has 3 aromatic rings. The van der Waals surface area contributed by atoms with E-state index in [0.29, 0.717) is 5.56 Å². The largest absolute Gasteiger partial charge is 0.361 e. The number of para-hydroxylation sites is 1. The van der Waals surface area contributed by atoms with Gasteiger partial charge in [0, 0.05) is 22.7 Å². The summed E-state index contributed by atoms with van der Waals surface area (Å²) in [5.41, 5.74) is 8.06. The van der Waals surface area contributed by atoms with Crippen LogP contribution in [0.4, 0.5) is 0 Å². The quantitative estimate of drug-likeness (QED) is 0.490. The van der Waals surface area contributed by atoms with Crippen molar-refractivity contribution in [1.82, 2.24) is 21.2 Å². The van der Waals surface area contributed by atoms with Crippen molar-refractivity contribution in [3.05, 3.63) is 71.4 Å². The van der Waals surface area contributed by atoms with Crippen molar-refractivity contribution in [3.8, 4) is 0 Å². The van der Waals surface area contributed by atoms with E-state index in [1.54, 1.807) is 18.3 Å². The second-order valence-corrected chi connectivity index (χ2v) is 8.14. The number of fused-ring (bicyclic) bond motifs is 1. The Kier molecular flexibility index (Phi) is 6.20. The van der Waals surface area contributed by atoms with Crippen molar-refractivity contribution in [3.63, 3.8) is 0 Å². The van der Waals surface area contributed by atoms with Crippen molar-refractivity contribution >= 4 is 28.6 Å². The first-order valence-corrected chi connectivity index (χ1v) is 9.75. The molecule has 3 amide bonds. The predicted molar refractivity (Wildman–Crippen MR) is 116 cm³/mol. The number of amides is 3. The molecule has 4 N–H and O–H groups in total. The Morgan fingerprint density at radius 2 is 1.57 bits per heavy atom. The van der Waals surface area contributed by atoms with E-state index >= 15 is 0 Å². The number of aromatic nitrogens is 1. The first-order valence-electron chi connectivity index (χ1n) is 9.75. The Labute approximate surface area is 175 Å². The number of benzene rings is 2. The zero-order valence-corrected chi connectivity index (χ0v) is 17.3. The monoisotopic (exact) mass is 406 g/mol. The third-order valence-electron chi connectivity index (χ3n) is 4.79.